The van der Waals surface area contributed by atoms with Crippen molar-refractivity contribution in [1.29, 1.82) is 0 Å². The van der Waals surface area contributed by atoms with Crippen LogP contribution in [-0.4, -0.2) is 5.78 Å². The first-order chi connectivity index (χ1) is 10.3. The lowest BCUT2D eigenvalue weighted by molar-refractivity contribution is -0.113. The number of hydrogen-bond donors (Lipinski definition) is 0. The minimum atomic E-state index is 0.108. The number of ketones is 1. The Morgan fingerprint density at radius 3 is 2.55 bits per heavy atom. The third-order valence-corrected chi connectivity index (χ3v) is 4.30. The van der Waals surface area contributed by atoms with E-state index in [1.54, 1.807) is 6.92 Å². The second-order valence-corrected chi connectivity index (χ2v) is 7.27. The van der Waals surface area contributed by atoms with Crippen molar-refractivity contribution in [2.45, 2.75) is 72.1 Å². The van der Waals surface area contributed by atoms with Crippen molar-refractivity contribution in [3.63, 3.8) is 0 Å². The summed E-state index contributed by atoms with van der Waals surface area (Å²) in [5, 5.41) is 0. The van der Waals surface area contributed by atoms with E-state index in [1.807, 2.05) is 0 Å². The van der Waals surface area contributed by atoms with Crippen LogP contribution in [-0.2, 0) is 16.6 Å². The number of Topliss-reactive ketones (excluding diaryl/α,β-unsaturated/α-hetero) is 1. The molecule has 0 unspecified atom stereocenters. The molecule has 1 aromatic carbocycles. The molecule has 2 rings (SSSR count). The monoisotopic (exact) mass is 300 g/mol. The maximum atomic E-state index is 12.0. The normalized spacial score (nSPS) is 14.6. The Balaban J connectivity index is 2.29. The number of carbonyl (C=O) groups excluding carboxylic acids is 1. The molecular formula is C20H28O2. The molecule has 1 aliphatic heterocycles. The molecule has 2 nitrogen and oxygen atoms in total. The van der Waals surface area contributed by atoms with Gasteiger partial charge in [-0.05, 0) is 36.0 Å². The molecule has 0 atom stereocenters. The van der Waals surface area contributed by atoms with Crippen LogP contribution in [0.4, 0.5) is 0 Å². The van der Waals surface area contributed by atoms with Crippen LogP contribution in [0.1, 0.15) is 71.4 Å². The molecule has 1 aromatic rings. The van der Waals surface area contributed by atoms with Crippen molar-refractivity contribution in [3.05, 3.63) is 40.7 Å². The van der Waals surface area contributed by atoms with Crippen molar-refractivity contribution in [2.24, 2.45) is 0 Å². The van der Waals surface area contributed by atoms with Gasteiger partial charge in [0.25, 0.3) is 0 Å². The fraction of sp³-hybridized carbons (Fsp3) is 0.550. The molecule has 1 heterocycles. The van der Waals surface area contributed by atoms with Gasteiger partial charge in [-0.25, -0.2) is 0 Å². The first-order valence-corrected chi connectivity index (χ1v) is 8.37. The zero-order valence-corrected chi connectivity index (χ0v) is 14.6. The lowest BCUT2D eigenvalue weighted by atomic mass is 9.84. The molecule has 0 aliphatic carbocycles. The highest BCUT2D eigenvalue weighted by atomic mass is 16.5. The van der Waals surface area contributed by atoms with E-state index < -0.39 is 0 Å². The van der Waals surface area contributed by atoms with Crippen LogP contribution < -0.4 is 4.74 Å². The minimum Gasteiger partial charge on any atom is -0.461 e. The number of allylic oxidation sites excluding steroid dienone is 2. The highest BCUT2D eigenvalue weighted by Gasteiger charge is 2.24. The lowest BCUT2D eigenvalue weighted by Crippen LogP contribution is -2.17. The van der Waals surface area contributed by atoms with Gasteiger partial charge in [-0.15, -0.1) is 0 Å². The summed E-state index contributed by atoms with van der Waals surface area (Å²) < 4.78 is 6.08. The van der Waals surface area contributed by atoms with Gasteiger partial charge in [-0.2, -0.15) is 0 Å². The van der Waals surface area contributed by atoms with Gasteiger partial charge in [0.2, 0.25) is 0 Å². The Hall–Kier alpha value is -1.57. The third kappa shape index (κ3) is 3.79. The summed E-state index contributed by atoms with van der Waals surface area (Å²) in [5.41, 5.74) is 3.38. The third-order valence-electron chi connectivity index (χ3n) is 4.30. The van der Waals surface area contributed by atoms with Crippen LogP contribution in [0.3, 0.4) is 0 Å². The summed E-state index contributed by atoms with van der Waals surface area (Å²) in [6, 6.07) is 6.40. The number of benzene rings is 1. The summed E-state index contributed by atoms with van der Waals surface area (Å²) >= 11 is 0. The lowest BCUT2D eigenvalue weighted by Gasteiger charge is -2.26. The number of rotatable bonds is 5. The van der Waals surface area contributed by atoms with E-state index in [-0.39, 0.29) is 11.2 Å². The van der Waals surface area contributed by atoms with E-state index in [9.17, 15) is 4.79 Å². The van der Waals surface area contributed by atoms with Crippen LogP contribution in [0.15, 0.2) is 29.5 Å². The summed E-state index contributed by atoms with van der Waals surface area (Å²) in [4.78, 5) is 12.0. The van der Waals surface area contributed by atoms with E-state index >= 15 is 0 Å². The molecule has 0 bridgehead atoms. The maximum Gasteiger partial charge on any atom is 0.159 e. The average molecular weight is 300 g/mol. The molecule has 1 aliphatic rings. The standard InChI is InChI=1S/C20H28O2/c1-6-7-8-9-19-17(14(2)21)13-15-12-16(20(3,4)5)10-11-18(15)22-19/h10-12H,6-9,13H2,1-5H3. The van der Waals surface area contributed by atoms with E-state index in [0.29, 0.717) is 6.42 Å². The van der Waals surface area contributed by atoms with E-state index in [2.05, 4.69) is 45.9 Å². The van der Waals surface area contributed by atoms with Gasteiger partial charge in [0.05, 0.1) is 0 Å². The van der Waals surface area contributed by atoms with Crippen molar-refractivity contribution >= 4 is 5.78 Å². The van der Waals surface area contributed by atoms with Crippen molar-refractivity contribution in [2.75, 3.05) is 0 Å². The molecule has 22 heavy (non-hydrogen) atoms. The van der Waals surface area contributed by atoms with Gasteiger partial charge >= 0.3 is 0 Å². The van der Waals surface area contributed by atoms with Gasteiger partial charge < -0.3 is 4.74 Å². The molecule has 0 N–H and O–H groups in total. The number of ether oxygens (including phenoxy) is 1. The van der Waals surface area contributed by atoms with Gasteiger partial charge in [0.1, 0.15) is 11.5 Å². The van der Waals surface area contributed by atoms with Gasteiger partial charge in [-0.3, -0.25) is 4.79 Å². The highest BCUT2D eigenvalue weighted by molar-refractivity contribution is 5.94. The number of unbranched alkanes of at least 4 members (excludes halogenated alkanes) is 2. The summed E-state index contributed by atoms with van der Waals surface area (Å²) in [6.07, 6.45) is 5.00. The first-order valence-electron chi connectivity index (χ1n) is 8.37. The van der Waals surface area contributed by atoms with E-state index in [0.717, 1.165) is 35.5 Å². The van der Waals surface area contributed by atoms with E-state index in [4.69, 9.17) is 4.74 Å². The van der Waals surface area contributed by atoms with Crippen LogP contribution in [0.5, 0.6) is 5.75 Å². The Labute approximate surface area is 134 Å². The summed E-state index contributed by atoms with van der Waals surface area (Å²) in [6.45, 7) is 10.4. The van der Waals surface area contributed by atoms with Gasteiger partial charge in [-0.1, -0.05) is 52.7 Å². The Bertz CT molecular complexity index is 588. The summed E-state index contributed by atoms with van der Waals surface area (Å²) in [7, 11) is 0. The predicted molar refractivity (Wildman–Crippen MR) is 91.3 cm³/mol. The molecule has 0 amide bonds. The zero-order valence-electron chi connectivity index (χ0n) is 14.6. The predicted octanol–water partition coefficient (Wildman–Crippen LogP) is 5.34. The minimum absolute atomic E-state index is 0.108. The molecule has 2 heteroatoms. The average Bonchev–Trinajstić information content (AvgIpc) is 2.45. The van der Waals surface area contributed by atoms with Gasteiger partial charge in [0, 0.05) is 18.4 Å². The second-order valence-electron chi connectivity index (χ2n) is 7.27. The quantitative estimate of drug-likeness (QED) is 0.686. The Morgan fingerprint density at radius 1 is 1.23 bits per heavy atom. The van der Waals surface area contributed by atoms with Crippen LogP contribution in [0.25, 0.3) is 0 Å². The molecule has 120 valence electrons. The Kier molecular flexibility index (Phi) is 5.10. The topological polar surface area (TPSA) is 26.3 Å². The van der Waals surface area contributed by atoms with Crippen LogP contribution >= 0.6 is 0 Å². The van der Waals surface area contributed by atoms with Crippen LogP contribution in [0, 0.1) is 0 Å². The SMILES string of the molecule is CCCCCC1=C(C(C)=O)Cc2cc(C(C)(C)C)ccc2O1. The van der Waals surface area contributed by atoms with Crippen molar-refractivity contribution in [1.82, 2.24) is 0 Å². The van der Waals surface area contributed by atoms with Crippen molar-refractivity contribution < 1.29 is 9.53 Å². The molecule has 0 saturated heterocycles. The van der Waals surface area contributed by atoms with Crippen LogP contribution in [0.2, 0.25) is 0 Å². The molecule has 0 radical (unpaired) electrons. The number of carbonyl (C=O) groups is 1. The molecule has 0 fully saturated rings. The molecule has 0 saturated carbocycles. The second kappa shape index (κ2) is 6.68. The molecular weight excluding hydrogens is 272 g/mol. The smallest absolute Gasteiger partial charge is 0.159 e. The largest absolute Gasteiger partial charge is 0.461 e. The molecule has 0 spiro atoms. The zero-order chi connectivity index (χ0) is 16.3. The van der Waals surface area contributed by atoms with Crippen molar-refractivity contribution in [3.8, 4) is 5.75 Å². The number of fused-ring (bicyclic) bond motifs is 1. The van der Waals surface area contributed by atoms with E-state index in [1.165, 1.54) is 18.4 Å². The maximum absolute atomic E-state index is 12.0. The summed E-state index contributed by atoms with van der Waals surface area (Å²) in [5.74, 6) is 1.94. The highest BCUT2D eigenvalue weighted by Crippen LogP contribution is 2.35. The Morgan fingerprint density at radius 2 is 1.95 bits per heavy atom. The first kappa shape index (κ1) is 16.8. The number of hydrogen-bond acceptors (Lipinski definition) is 2. The van der Waals surface area contributed by atoms with Gasteiger partial charge in [0.15, 0.2) is 5.78 Å². The fourth-order valence-electron chi connectivity index (χ4n) is 2.83. The molecule has 0 aromatic heterocycles. The fourth-order valence-corrected chi connectivity index (χ4v) is 2.83.